The summed E-state index contributed by atoms with van der Waals surface area (Å²) in [6, 6.07) is 7.77. The molecular formula is C21H29N3O4. The number of piperidine rings is 1. The molecule has 1 aliphatic heterocycles. The zero-order valence-electron chi connectivity index (χ0n) is 16.9. The van der Waals surface area contributed by atoms with Crippen molar-refractivity contribution in [2.45, 2.75) is 32.6 Å². The summed E-state index contributed by atoms with van der Waals surface area (Å²) in [4.78, 5) is 14.3. The Balaban J connectivity index is 1.41. The molecule has 7 nitrogen and oxygen atoms in total. The number of hydrogen-bond donors (Lipinski definition) is 1. The van der Waals surface area contributed by atoms with Crippen LogP contribution in [0.4, 0.5) is 5.88 Å². The van der Waals surface area contributed by atoms with Crippen molar-refractivity contribution in [2.24, 2.45) is 5.92 Å². The molecule has 152 valence electrons. The number of nitrogens with zero attached hydrogens (tertiary/aromatic N) is 2. The minimum Gasteiger partial charge on any atom is -0.497 e. The first-order chi connectivity index (χ1) is 13.6. The van der Waals surface area contributed by atoms with Crippen molar-refractivity contribution in [2.75, 3.05) is 39.2 Å². The highest BCUT2D eigenvalue weighted by Crippen LogP contribution is 2.27. The molecule has 1 amide bonds. The number of amides is 1. The molecule has 0 radical (unpaired) electrons. The van der Waals surface area contributed by atoms with Crippen LogP contribution < -0.4 is 14.8 Å². The van der Waals surface area contributed by atoms with Gasteiger partial charge in [0.05, 0.1) is 26.5 Å². The first kappa shape index (κ1) is 20.2. The molecule has 0 aliphatic carbocycles. The van der Waals surface area contributed by atoms with E-state index in [0.717, 1.165) is 56.0 Å². The second-order valence-electron chi connectivity index (χ2n) is 7.36. The third-order valence-electron chi connectivity index (χ3n) is 5.22. The molecule has 0 unspecified atom stereocenters. The number of methoxy groups -OCH3 is 2. The summed E-state index contributed by atoms with van der Waals surface area (Å²) in [5.41, 5.74) is 1.99. The van der Waals surface area contributed by atoms with Gasteiger partial charge in [-0.1, -0.05) is 5.16 Å². The van der Waals surface area contributed by atoms with E-state index < -0.39 is 0 Å². The van der Waals surface area contributed by atoms with Gasteiger partial charge in [-0.3, -0.25) is 15.0 Å². The van der Waals surface area contributed by atoms with Gasteiger partial charge >= 0.3 is 0 Å². The van der Waals surface area contributed by atoms with Crippen molar-refractivity contribution in [1.82, 2.24) is 10.1 Å². The number of aryl methyl sites for hydroxylation is 2. The van der Waals surface area contributed by atoms with Gasteiger partial charge < -0.3 is 14.0 Å². The van der Waals surface area contributed by atoms with Crippen LogP contribution in [0.5, 0.6) is 11.5 Å². The lowest BCUT2D eigenvalue weighted by Gasteiger charge is -2.31. The SMILES string of the molecule is COc1cc(CCC2CCN(CC(=O)Nc3cc(C)no3)CC2)cc(OC)c1. The highest BCUT2D eigenvalue weighted by atomic mass is 16.5. The average Bonchev–Trinajstić information content (AvgIpc) is 3.11. The predicted octanol–water partition coefficient (Wildman–Crippen LogP) is 3.28. The fourth-order valence-electron chi connectivity index (χ4n) is 3.62. The Morgan fingerprint density at radius 1 is 1.18 bits per heavy atom. The lowest BCUT2D eigenvalue weighted by atomic mass is 9.90. The van der Waals surface area contributed by atoms with E-state index in [1.807, 2.05) is 13.0 Å². The van der Waals surface area contributed by atoms with Crippen LogP contribution in [0.1, 0.15) is 30.5 Å². The van der Waals surface area contributed by atoms with E-state index in [4.69, 9.17) is 14.0 Å². The Labute approximate surface area is 166 Å². The maximum Gasteiger partial charge on any atom is 0.240 e. The van der Waals surface area contributed by atoms with Crippen LogP contribution in [0, 0.1) is 12.8 Å². The van der Waals surface area contributed by atoms with Crippen LogP contribution in [0.15, 0.2) is 28.8 Å². The summed E-state index contributed by atoms with van der Waals surface area (Å²) in [5.74, 6) is 2.69. The van der Waals surface area contributed by atoms with Crippen LogP contribution in [0.2, 0.25) is 0 Å². The largest absolute Gasteiger partial charge is 0.497 e. The van der Waals surface area contributed by atoms with Crippen molar-refractivity contribution >= 4 is 11.8 Å². The summed E-state index contributed by atoms with van der Waals surface area (Å²) in [7, 11) is 3.35. The normalized spacial score (nSPS) is 15.4. The number of likely N-dealkylation sites (tertiary alicyclic amines) is 1. The maximum atomic E-state index is 12.1. The molecule has 1 aliphatic rings. The Morgan fingerprint density at radius 2 is 1.86 bits per heavy atom. The minimum absolute atomic E-state index is 0.0573. The fourth-order valence-corrected chi connectivity index (χ4v) is 3.62. The second kappa shape index (κ2) is 9.59. The molecule has 28 heavy (non-hydrogen) atoms. The van der Waals surface area contributed by atoms with Crippen LogP contribution in [-0.4, -0.2) is 49.8 Å². The topological polar surface area (TPSA) is 76.8 Å². The van der Waals surface area contributed by atoms with Gasteiger partial charge in [0.25, 0.3) is 0 Å². The van der Waals surface area contributed by atoms with E-state index in [0.29, 0.717) is 18.3 Å². The molecular weight excluding hydrogens is 358 g/mol. The van der Waals surface area contributed by atoms with E-state index in [-0.39, 0.29) is 5.91 Å². The van der Waals surface area contributed by atoms with Gasteiger partial charge in [0, 0.05) is 12.1 Å². The number of nitrogens with one attached hydrogen (secondary N) is 1. The van der Waals surface area contributed by atoms with Crippen LogP contribution in [0.25, 0.3) is 0 Å². The second-order valence-corrected chi connectivity index (χ2v) is 7.36. The summed E-state index contributed by atoms with van der Waals surface area (Å²) >= 11 is 0. The van der Waals surface area contributed by atoms with Crippen molar-refractivity contribution in [3.05, 3.63) is 35.5 Å². The molecule has 1 saturated heterocycles. The quantitative estimate of drug-likeness (QED) is 0.749. The molecule has 0 saturated carbocycles. The van der Waals surface area contributed by atoms with E-state index in [1.54, 1.807) is 20.3 Å². The Morgan fingerprint density at radius 3 is 2.43 bits per heavy atom. The van der Waals surface area contributed by atoms with Crippen LogP contribution in [-0.2, 0) is 11.2 Å². The number of ether oxygens (including phenoxy) is 2. The Hall–Kier alpha value is -2.54. The summed E-state index contributed by atoms with van der Waals surface area (Å²) in [6.07, 6.45) is 4.35. The molecule has 1 aromatic carbocycles. The number of benzene rings is 1. The van der Waals surface area contributed by atoms with E-state index in [2.05, 4.69) is 27.5 Å². The lowest BCUT2D eigenvalue weighted by Crippen LogP contribution is -2.39. The van der Waals surface area contributed by atoms with Gasteiger partial charge in [0.15, 0.2) is 0 Å². The summed E-state index contributed by atoms with van der Waals surface area (Å²) in [6.45, 7) is 4.09. The predicted molar refractivity (Wildman–Crippen MR) is 107 cm³/mol. The highest BCUT2D eigenvalue weighted by Gasteiger charge is 2.21. The molecule has 2 heterocycles. The van der Waals surface area contributed by atoms with Crippen molar-refractivity contribution in [3.63, 3.8) is 0 Å². The van der Waals surface area contributed by atoms with Gasteiger partial charge in [-0.15, -0.1) is 0 Å². The molecule has 0 atom stereocenters. The van der Waals surface area contributed by atoms with E-state index >= 15 is 0 Å². The number of carbonyl (C=O) groups is 1. The third-order valence-corrected chi connectivity index (χ3v) is 5.22. The van der Waals surface area contributed by atoms with Crippen molar-refractivity contribution in [3.8, 4) is 11.5 Å². The molecule has 7 heteroatoms. The number of rotatable bonds is 8. The average molecular weight is 387 g/mol. The Kier molecular flexibility index (Phi) is 6.92. The van der Waals surface area contributed by atoms with Crippen molar-refractivity contribution < 1.29 is 18.8 Å². The molecule has 1 N–H and O–H groups in total. The number of carbonyl (C=O) groups excluding carboxylic acids is 1. The maximum absolute atomic E-state index is 12.1. The van der Waals surface area contributed by atoms with Gasteiger partial charge in [-0.2, -0.15) is 0 Å². The van der Waals surface area contributed by atoms with Crippen molar-refractivity contribution in [1.29, 1.82) is 0 Å². The summed E-state index contributed by atoms with van der Waals surface area (Å²) in [5, 5.41) is 6.53. The standard InChI is InChI=1S/C21H29N3O4/c1-15-10-21(28-23-15)22-20(25)14-24-8-6-16(7-9-24)4-5-17-11-18(26-2)13-19(12-17)27-3/h10-13,16H,4-9,14H2,1-3H3,(H,22,25). The van der Waals surface area contributed by atoms with E-state index in [9.17, 15) is 4.79 Å². The third kappa shape index (κ3) is 5.73. The zero-order chi connectivity index (χ0) is 19.9. The fraction of sp³-hybridized carbons (Fsp3) is 0.524. The van der Waals surface area contributed by atoms with Gasteiger partial charge in [-0.25, -0.2) is 0 Å². The monoisotopic (exact) mass is 387 g/mol. The highest BCUT2D eigenvalue weighted by molar-refractivity contribution is 5.90. The first-order valence-electron chi connectivity index (χ1n) is 9.73. The van der Waals surface area contributed by atoms with Gasteiger partial charge in [0.1, 0.15) is 11.5 Å². The Bertz CT molecular complexity index is 759. The van der Waals surface area contributed by atoms with Crippen LogP contribution >= 0.6 is 0 Å². The molecule has 2 aromatic rings. The molecule has 1 fully saturated rings. The molecule has 3 rings (SSSR count). The van der Waals surface area contributed by atoms with E-state index in [1.165, 1.54) is 5.56 Å². The minimum atomic E-state index is -0.0573. The first-order valence-corrected chi connectivity index (χ1v) is 9.73. The van der Waals surface area contributed by atoms with Gasteiger partial charge in [0.2, 0.25) is 11.8 Å². The van der Waals surface area contributed by atoms with Gasteiger partial charge in [-0.05, 0) is 69.3 Å². The molecule has 0 spiro atoms. The lowest BCUT2D eigenvalue weighted by molar-refractivity contribution is -0.117. The molecule has 0 bridgehead atoms. The number of hydrogen-bond acceptors (Lipinski definition) is 6. The number of anilines is 1. The number of aromatic nitrogens is 1. The summed E-state index contributed by atoms with van der Waals surface area (Å²) < 4.78 is 15.7. The molecule has 1 aromatic heterocycles. The van der Waals surface area contributed by atoms with Crippen LogP contribution in [0.3, 0.4) is 0 Å². The zero-order valence-corrected chi connectivity index (χ0v) is 16.9. The smallest absolute Gasteiger partial charge is 0.240 e.